The van der Waals surface area contributed by atoms with E-state index >= 15 is 0 Å². The van der Waals surface area contributed by atoms with Gasteiger partial charge in [0.15, 0.2) is 0 Å². The molecule has 0 atom stereocenters. The number of esters is 4. The fourth-order valence-electron chi connectivity index (χ4n) is 4.52. The highest BCUT2D eigenvalue weighted by atomic mass is 16.5. The maximum atomic E-state index is 12.6. The molecule has 0 saturated heterocycles. The third kappa shape index (κ3) is 6.83. The van der Waals surface area contributed by atoms with Gasteiger partial charge in [-0.2, -0.15) is 0 Å². The molecule has 0 aliphatic rings. The zero-order chi connectivity index (χ0) is 30.2. The van der Waals surface area contributed by atoms with E-state index < -0.39 is 23.9 Å². The second-order valence-corrected chi connectivity index (χ2v) is 9.26. The normalized spacial score (nSPS) is 10.7. The summed E-state index contributed by atoms with van der Waals surface area (Å²) < 4.78 is 20.7. The molecule has 4 aromatic rings. The number of hydrogen-bond acceptors (Lipinski definition) is 8. The van der Waals surface area contributed by atoms with Crippen molar-refractivity contribution in [2.24, 2.45) is 0 Å². The molecular weight excluding hydrogens is 536 g/mol. The summed E-state index contributed by atoms with van der Waals surface area (Å²) in [5, 5.41) is 1.81. The quantitative estimate of drug-likeness (QED) is 0.151. The number of hydrogen-bond donors (Lipinski definition) is 0. The van der Waals surface area contributed by atoms with Crippen LogP contribution in [0.15, 0.2) is 72.8 Å². The Labute approximate surface area is 244 Å². The molecule has 4 aromatic carbocycles. The smallest absolute Gasteiger partial charge is 0.338 e. The average molecular weight is 569 g/mol. The molecule has 0 spiro atoms. The molecule has 0 saturated carbocycles. The third-order valence-electron chi connectivity index (χ3n) is 6.42. The van der Waals surface area contributed by atoms with Crippen molar-refractivity contribution in [3.8, 4) is 22.3 Å². The van der Waals surface area contributed by atoms with E-state index in [0.717, 1.165) is 21.9 Å². The van der Waals surface area contributed by atoms with Crippen LogP contribution in [-0.4, -0.2) is 50.3 Å². The first-order valence-corrected chi connectivity index (χ1v) is 13.8. The molecule has 0 amide bonds. The molecule has 42 heavy (non-hydrogen) atoms. The molecule has 216 valence electrons. The summed E-state index contributed by atoms with van der Waals surface area (Å²) in [6.45, 7) is 7.66. The van der Waals surface area contributed by atoms with E-state index in [9.17, 15) is 19.2 Å². The summed E-state index contributed by atoms with van der Waals surface area (Å²) in [6, 6.07) is 21.2. The number of ether oxygens (including phenoxy) is 4. The van der Waals surface area contributed by atoms with Crippen LogP contribution in [0.1, 0.15) is 69.1 Å². The maximum Gasteiger partial charge on any atom is 0.338 e. The molecule has 8 nitrogen and oxygen atoms in total. The first-order chi connectivity index (χ1) is 20.3. The molecule has 0 fully saturated rings. The van der Waals surface area contributed by atoms with Gasteiger partial charge in [-0.15, -0.1) is 0 Å². The van der Waals surface area contributed by atoms with Crippen molar-refractivity contribution in [3.05, 3.63) is 95.1 Å². The number of rotatable bonds is 10. The Hall–Kier alpha value is -4.98. The van der Waals surface area contributed by atoms with Gasteiger partial charge in [-0.1, -0.05) is 24.3 Å². The van der Waals surface area contributed by atoms with Crippen molar-refractivity contribution >= 4 is 34.6 Å². The van der Waals surface area contributed by atoms with Gasteiger partial charge in [-0.25, -0.2) is 19.2 Å². The van der Waals surface area contributed by atoms with Crippen molar-refractivity contribution in [2.45, 2.75) is 27.7 Å². The summed E-state index contributed by atoms with van der Waals surface area (Å²) in [7, 11) is 0. The number of benzene rings is 4. The van der Waals surface area contributed by atoms with Crippen LogP contribution >= 0.6 is 0 Å². The van der Waals surface area contributed by atoms with Crippen molar-refractivity contribution < 1.29 is 38.1 Å². The predicted molar refractivity (Wildman–Crippen MR) is 159 cm³/mol. The largest absolute Gasteiger partial charge is 0.462 e. The standard InChI is InChI=1S/C34H32O8/c1-5-39-31(35)27-15-25(16-28(19-27)32(36)40-6-2)22-11-9-21-10-12-23(14-24(21)13-22)26-17-29(33(37)41-7-3)20-30(18-26)34(38)42-8-4/h9-20H,5-8H2,1-4H3. The van der Waals surface area contributed by atoms with E-state index in [-0.39, 0.29) is 48.7 Å². The van der Waals surface area contributed by atoms with Crippen LogP contribution in [0, 0.1) is 0 Å². The van der Waals surface area contributed by atoms with Crippen LogP contribution < -0.4 is 0 Å². The second-order valence-electron chi connectivity index (χ2n) is 9.26. The van der Waals surface area contributed by atoms with Crippen molar-refractivity contribution in [3.63, 3.8) is 0 Å². The minimum atomic E-state index is -0.535. The zero-order valence-electron chi connectivity index (χ0n) is 24.0. The lowest BCUT2D eigenvalue weighted by atomic mass is 9.94. The van der Waals surface area contributed by atoms with E-state index in [0.29, 0.717) is 11.1 Å². The molecule has 0 bridgehead atoms. The third-order valence-corrected chi connectivity index (χ3v) is 6.42. The number of carbonyl (C=O) groups is 4. The van der Waals surface area contributed by atoms with E-state index in [4.69, 9.17) is 18.9 Å². The Kier molecular flexibility index (Phi) is 9.70. The average Bonchev–Trinajstić information content (AvgIpc) is 3.00. The summed E-state index contributed by atoms with van der Waals surface area (Å²) in [4.78, 5) is 50.3. The maximum absolute atomic E-state index is 12.6. The van der Waals surface area contributed by atoms with Gasteiger partial charge >= 0.3 is 23.9 Å². The zero-order valence-corrected chi connectivity index (χ0v) is 24.0. The molecule has 0 aromatic heterocycles. The molecule has 0 aliphatic carbocycles. The molecule has 8 heteroatoms. The predicted octanol–water partition coefficient (Wildman–Crippen LogP) is 6.88. The van der Waals surface area contributed by atoms with E-state index in [1.807, 2.05) is 36.4 Å². The Morgan fingerprint density at radius 3 is 1.00 bits per heavy atom. The van der Waals surface area contributed by atoms with Crippen molar-refractivity contribution in [2.75, 3.05) is 26.4 Å². The molecule has 0 N–H and O–H groups in total. The Balaban J connectivity index is 1.82. The van der Waals surface area contributed by atoms with Crippen LogP contribution in [0.3, 0.4) is 0 Å². The van der Waals surface area contributed by atoms with Crippen LogP contribution in [0.4, 0.5) is 0 Å². The first kappa shape index (κ1) is 30.0. The van der Waals surface area contributed by atoms with Crippen molar-refractivity contribution in [1.29, 1.82) is 0 Å². The molecule has 4 rings (SSSR count). The van der Waals surface area contributed by atoms with Crippen LogP contribution in [-0.2, 0) is 18.9 Å². The summed E-state index contributed by atoms with van der Waals surface area (Å²) in [5.74, 6) is -2.14. The highest BCUT2D eigenvalue weighted by Crippen LogP contribution is 2.31. The molecule has 0 radical (unpaired) electrons. The van der Waals surface area contributed by atoms with Gasteiger partial charge in [-0.05, 0) is 109 Å². The van der Waals surface area contributed by atoms with E-state index in [1.165, 1.54) is 12.1 Å². The van der Waals surface area contributed by atoms with E-state index in [2.05, 4.69) is 0 Å². The summed E-state index contributed by atoms with van der Waals surface area (Å²) >= 11 is 0. The lowest BCUT2D eigenvalue weighted by Crippen LogP contribution is -2.09. The highest BCUT2D eigenvalue weighted by molar-refractivity contribution is 6.00. The van der Waals surface area contributed by atoms with Gasteiger partial charge in [0.05, 0.1) is 48.7 Å². The summed E-state index contributed by atoms with van der Waals surface area (Å²) in [5.41, 5.74) is 3.80. The minimum absolute atomic E-state index is 0.200. The number of carbonyl (C=O) groups excluding carboxylic acids is 4. The van der Waals surface area contributed by atoms with E-state index in [1.54, 1.807) is 52.0 Å². The highest BCUT2D eigenvalue weighted by Gasteiger charge is 2.18. The van der Waals surface area contributed by atoms with Gasteiger partial charge < -0.3 is 18.9 Å². The topological polar surface area (TPSA) is 105 Å². The van der Waals surface area contributed by atoms with Crippen LogP contribution in [0.25, 0.3) is 33.0 Å². The van der Waals surface area contributed by atoms with Gasteiger partial charge in [0.1, 0.15) is 0 Å². The minimum Gasteiger partial charge on any atom is -0.462 e. The molecular formula is C34H32O8. The fraction of sp³-hybridized carbons (Fsp3) is 0.235. The fourth-order valence-corrected chi connectivity index (χ4v) is 4.52. The second kappa shape index (κ2) is 13.6. The lowest BCUT2D eigenvalue weighted by Gasteiger charge is -2.12. The van der Waals surface area contributed by atoms with Gasteiger partial charge in [0.25, 0.3) is 0 Å². The molecule has 0 unspecified atom stereocenters. The summed E-state index contributed by atoms with van der Waals surface area (Å²) in [6.07, 6.45) is 0. The Morgan fingerprint density at radius 1 is 0.405 bits per heavy atom. The lowest BCUT2D eigenvalue weighted by molar-refractivity contribution is 0.0506. The van der Waals surface area contributed by atoms with Crippen LogP contribution in [0.2, 0.25) is 0 Å². The first-order valence-electron chi connectivity index (χ1n) is 13.8. The monoisotopic (exact) mass is 568 g/mol. The molecule has 0 heterocycles. The van der Waals surface area contributed by atoms with Crippen molar-refractivity contribution in [1.82, 2.24) is 0 Å². The van der Waals surface area contributed by atoms with Crippen LogP contribution in [0.5, 0.6) is 0 Å². The SMILES string of the molecule is CCOC(=O)c1cc(C(=O)OCC)cc(-c2ccc3ccc(-c4cc(C(=O)OCC)cc(C(=O)OCC)c4)cc3c2)c1. The molecule has 0 aliphatic heterocycles. The Morgan fingerprint density at radius 2 is 0.714 bits per heavy atom. The van der Waals surface area contributed by atoms with Gasteiger partial charge in [0, 0.05) is 0 Å². The Bertz CT molecular complexity index is 1460. The van der Waals surface area contributed by atoms with Gasteiger partial charge in [0.2, 0.25) is 0 Å². The van der Waals surface area contributed by atoms with Gasteiger partial charge in [-0.3, -0.25) is 0 Å². The number of fused-ring (bicyclic) bond motifs is 1.